The van der Waals surface area contributed by atoms with Gasteiger partial charge >= 0.3 is 0 Å². The largest absolute Gasteiger partial charge is 0.385 e. The van der Waals surface area contributed by atoms with Crippen LogP contribution in [0.15, 0.2) is 0 Å². The number of ether oxygens (including phenoxy) is 1. The molecule has 0 aromatic carbocycles. The molecule has 0 spiro atoms. The summed E-state index contributed by atoms with van der Waals surface area (Å²) < 4.78 is 71.5. The molecule has 1 aliphatic rings. The van der Waals surface area contributed by atoms with Crippen molar-refractivity contribution >= 4 is 0 Å². The Morgan fingerprint density at radius 1 is 0.875 bits per heavy atom. The second-order valence-electron chi connectivity index (χ2n) is 10.6. The Balaban J connectivity index is -0.000000172. The molecular weight excluding hydrogens is 416 g/mol. The molecule has 1 rings (SSSR count). The highest BCUT2D eigenvalue weighted by atomic mass is 19.3. The van der Waals surface area contributed by atoms with Crippen LogP contribution in [0.4, 0.5) is 17.6 Å². The lowest BCUT2D eigenvalue weighted by molar-refractivity contribution is 0.000971. The van der Waals surface area contributed by atoms with Crippen molar-refractivity contribution in [1.29, 1.82) is 0 Å². The molecule has 0 aliphatic heterocycles. The zero-order chi connectivity index (χ0) is 29.0. The van der Waals surface area contributed by atoms with Gasteiger partial charge in [0.2, 0.25) is 12.3 Å². The first kappa shape index (κ1) is 31.7. The Morgan fingerprint density at radius 2 is 1.31 bits per heavy atom. The second kappa shape index (κ2) is 23.8. The summed E-state index contributed by atoms with van der Waals surface area (Å²) in [6, 6.07) is 0. The Morgan fingerprint density at radius 3 is 1.34 bits per heavy atom. The summed E-state index contributed by atoms with van der Waals surface area (Å²) in [5, 5.41) is 0. The van der Waals surface area contributed by atoms with Crippen molar-refractivity contribution in [2.24, 2.45) is 35.5 Å². The molecule has 1 nitrogen and oxygen atoms in total. The minimum Gasteiger partial charge on any atom is -0.385 e. The van der Waals surface area contributed by atoms with Crippen LogP contribution in [0.25, 0.3) is 0 Å². The van der Waals surface area contributed by atoms with Crippen molar-refractivity contribution in [2.45, 2.75) is 127 Å². The van der Waals surface area contributed by atoms with E-state index in [0.29, 0.717) is 0 Å². The van der Waals surface area contributed by atoms with E-state index in [4.69, 9.17) is 8.85 Å². The predicted octanol–water partition coefficient (Wildman–Crippen LogP) is 10.4. The van der Waals surface area contributed by atoms with Gasteiger partial charge in [0.05, 0.1) is 0 Å². The highest BCUT2D eigenvalue weighted by molar-refractivity contribution is 4.75. The average Bonchev–Trinajstić information content (AvgIpc) is 3.43. The molecule has 0 radical (unpaired) electrons. The molecule has 0 bridgehead atoms. The highest BCUT2D eigenvalue weighted by Crippen LogP contribution is 2.35. The first-order chi connectivity index (χ1) is 15.6. The van der Waals surface area contributed by atoms with E-state index >= 15 is 0 Å². The predicted molar refractivity (Wildman–Crippen MR) is 135 cm³/mol. The smallest absolute Gasteiger partial charge is 0.245 e. The van der Waals surface area contributed by atoms with Crippen molar-refractivity contribution in [3.05, 3.63) is 0 Å². The van der Waals surface area contributed by atoms with Crippen molar-refractivity contribution in [3.8, 4) is 0 Å². The first-order valence-corrected chi connectivity index (χ1v) is 12.2. The molecule has 1 aliphatic carbocycles. The first-order valence-electron chi connectivity index (χ1n) is 13.7. The summed E-state index contributed by atoms with van der Waals surface area (Å²) in [6.07, 6.45) is 2.07. The fourth-order valence-corrected chi connectivity index (χ4v) is 2.19. The van der Waals surface area contributed by atoms with Gasteiger partial charge in [0.15, 0.2) is 0 Å². The minimum absolute atomic E-state index is 0.00694. The molecule has 0 aromatic rings. The summed E-state index contributed by atoms with van der Waals surface area (Å²) in [5.41, 5.74) is 0. The van der Waals surface area contributed by atoms with Crippen LogP contribution >= 0.6 is 0 Å². The standard InChI is InChI=1S/C6H12F2.C6H14O.C6H12.C5H10F2.C4H10/c1-5(2)4-6(3,7)8;1-6(2)4-5-7-3;1-5(2)6-3-4-6;1-4(2)3-5(6)7;1-4(2)3/h5H,4H2,1-3H3;6H,4-5H2,1-3H3;5-6H,3-4H2,1-2H3;4-5H,3H2,1-2H3;4H,1-3H3/i;;;;1D3. The Labute approximate surface area is 203 Å². The highest BCUT2D eigenvalue weighted by Gasteiger charge is 2.24. The van der Waals surface area contributed by atoms with E-state index in [9.17, 15) is 17.6 Å². The number of hydrogen-bond acceptors (Lipinski definition) is 1. The molecule has 0 saturated heterocycles. The molecule has 200 valence electrons. The lowest BCUT2D eigenvalue weighted by Crippen LogP contribution is -2.12. The van der Waals surface area contributed by atoms with Gasteiger partial charge in [-0.15, -0.1) is 0 Å². The third-order valence-corrected chi connectivity index (χ3v) is 3.88. The van der Waals surface area contributed by atoms with Crippen LogP contribution in [0.5, 0.6) is 0 Å². The molecular formula is C27H58F4O. The maximum Gasteiger partial charge on any atom is 0.245 e. The van der Waals surface area contributed by atoms with Crippen molar-refractivity contribution in [1.82, 2.24) is 0 Å². The molecule has 1 saturated carbocycles. The van der Waals surface area contributed by atoms with Crippen LogP contribution in [-0.4, -0.2) is 26.1 Å². The van der Waals surface area contributed by atoms with Gasteiger partial charge in [-0.3, -0.25) is 0 Å². The van der Waals surface area contributed by atoms with E-state index in [1.165, 1.54) is 19.3 Å². The SMILES string of the molecule is CC(C)C1CC1.CC(C)CC(C)(F)F.CC(C)CC(F)F.COCCC(C)C.[2H]C([2H])([2H])C(C)C. The normalized spacial score (nSPS) is 15.0. The summed E-state index contributed by atoms with van der Waals surface area (Å²) in [5.74, 6) is 0.381. The number of rotatable bonds is 8. The summed E-state index contributed by atoms with van der Waals surface area (Å²) >= 11 is 0. The molecule has 0 aromatic heterocycles. The van der Waals surface area contributed by atoms with Crippen LogP contribution in [0.2, 0.25) is 0 Å². The fourth-order valence-electron chi connectivity index (χ4n) is 2.19. The van der Waals surface area contributed by atoms with Gasteiger partial charge < -0.3 is 4.74 Å². The summed E-state index contributed by atoms with van der Waals surface area (Å²) in [4.78, 5) is 0. The Kier molecular flexibility index (Phi) is 23.6. The maximum atomic E-state index is 12.0. The fraction of sp³-hybridized carbons (Fsp3) is 1.00. The van der Waals surface area contributed by atoms with Crippen LogP contribution in [-0.2, 0) is 4.74 Å². The number of methoxy groups -OCH3 is 1. The minimum atomic E-state index is -2.48. The molecule has 5 heteroatoms. The second-order valence-corrected chi connectivity index (χ2v) is 10.6. The quantitative estimate of drug-likeness (QED) is 0.316. The van der Waals surface area contributed by atoms with Gasteiger partial charge in [-0.2, -0.15) is 0 Å². The molecule has 1 fully saturated rings. The Bertz CT molecular complexity index is 423. The molecule has 0 unspecified atom stereocenters. The number of halogens is 4. The van der Waals surface area contributed by atoms with E-state index in [-0.39, 0.29) is 30.6 Å². The molecule has 0 N–H and O–H groups in total. The van der Waals surface area contributed by atoms with E-state index < -0.39 is 19.2 Å². The van der Waals surface area contributed by atoms with Crippen LogP contribution < -0.4 is 0 Å². The summed E-state index contributed by atoms with van der Waals surface area (Å²) in [7, 11) is 1.74. The van der Waals surface area contributed by atoms with Crippen LogP contribution in [0.3, 0.4) is 0 Å². The number of hydrogen-bond donors (Lipinski definition) is 0. The molecule has 32 heavy (non-hydrogen) atoms. The maximum absolute atomic E-state index is 12.0. The van der Waals surface area contributed by atoms with Crippen LogP contribution in [0.1, 0.15) is 119 Å². The molecule has 0 amide bonds. The van der Waals surface area contributed by atoms with Crippen molar-refractivity contribution in [2.75, 3.05) is 13.7 Å². The topological polar surface area (TPSA) is 9.23 Å². The van der Waals surface area contributed by atoms with E-state index in [1.807, 2.05) is 0 Å². The lowest BCUT2D eigenvalue weighted by atomic mass is 10.1. The number of alkyl halides is 4. The van der Waals surface area contributed by atoms with E-state index in [0.717, 1.165) is 31.3 Å². The van der Waals surface area contributed by atoms with Gasteiger partial charge in [-0.1, -0.05) is 76.1 Å². The Hall–Kier alpha value is -0.320. The third-order valence-electron chi connectivity index (χ3n) is 3.88. The van der Waals surface area contributed by atoms with Crippen molar-refractivity contribution < 1.29 is 26.4 Å². The van der Waals surface area contributed by atoms with Gasteiger partial charge in [-0.25, -0.2) is 17.6 Å². The van der Waals surface area contributed by atoms with E-state index in [2.05, 4.69) is 27.7 Å². The van der Waals surface area contributed by atoms with Crippen molar-refractivity contribution in [3.63, 3.8) is 0 Å². The van der Waals surface area contributed by atoms with Gasteiger partial charge in [0, 0.05) is 30.7 Å². The average molecular weight is 478 g/mol. The summed E-state index contributed by atoms with van der Waals surface area (Å²) in [6.45, 7) is 19.6. The molecule has 0 heterocycles. The third kappa shape index (κ3) is 63.0. The molecule has 0 atom stereocenters. The zero-order valence-electron chi connectivity index (χ0n) is 26.2. The monoisotopic (exact) mass is 477 g/mol. The van der Waals surface area contributed by atoms with Gasteiger partial charge in [-0.05, 0) is 61.7 Å². The lowest BCUT2D eigenvalue weighted by Gasteiger charge is -2.11. The van der Waals surface area contributed by atoms with E-state index in [1.54, 1.807) is 48.7 Å². The van der Waals surface area contributed by atoms with Gasteiger partial charge in [0.25, 0.3) is 0 Å². The zero-order valence-corrected chi connectivity index (χ0v) is 23.2. The van der Waals surface area contributed by atoms with Crippen LogP contribution in [0, 0.1) is 35.5 Å². The van der Waals surface area contributed by atoms with Gasteiger partial charge in [0.1, 0.15) is 0 Å².